The lowest BCUT2D eigenvalue weighted by molar-refractivity contribution is 0.622. The summed E-state index contributed by atoms with van der Waals surface area (Å²) in [5, 5.41) is 2.68. The van der Waals surface area contributed by atoms with E-state index in [4.69, 9.17) is 17.3 Å². The molecule has 16 heavy (non-hydrogen) atoms. The van der Waals surface area contributed by atoms with Gasteiger partial charge >= 0.3 is 0 Å². The van der Waals surface area contributed by atoms with Crippen molar-refractivity contribution in [3.05, 3.63) is 41.6 Å². The van der Waals surface area contributed by atoms with Crippen LogP contribution >= 0.6 is 11.6 Å². The number of hydrogen-bond acceptors (Lipinski definition) is 4. The first kappa shape index (κ1) is 10.6. The van der Waals surface area contributed by atoms with Gasteiger partial charge in [-0.2, -0.15) is 0 Å². The van der Waals surface area contributed by atoms with Crippen LogP contribution in [0.25, 0.3) is 0 Å². The number of halogens is 2. The van der Waals surface area contributed by atoms with Crippen molar-refractivity contribution in [2.45, 2.75) is 0 Å². The maximum Gasteiger partial charge on any atom is 0.164 e. The second-order valence-corrected chi connectivity index (χ2v) is 3.42. The predicted molar refractivity (Wildman–Crippen MR) is 61.1 cm³/mol. The van der Waals surface area contributed by atoms with E-state index in [0.717, 1.165) is 0 Å². The molecular formula is C10H8ClFN4. The van der Waals surface area contributed by atoms with E-state index in [1.165, 1.54) is 12.3 Å². The Morgan fingerprint density at radius 2 is 2.19 bits per heavy atom. The monoisotopic (exact) mass is 238 g/mol. The number of aromatic nitrogens is 2. The van der Waals surface area contributed by atoms with E-state index in [-0.39, 0.29) is 5.15 Å². The molecule has 82 valence electrons. The number of nitrogens with one attached hydrogen (secondary N) is 1. The lowest BCUT2D eigenvalue weighted by Gasteiger charge is -2.07. The molecule has 0 radical (unpaired) electrons. The molecule has 3 N–H and O–H groups in total. The quantitative estimate of drug-likeness (QED) is 0.790. The van der Waals surface area contributed by atoms with Gasteiger partial charge in [-0.05, 0) is 12.1 Å². The van der Waals surface area contributed by atoms with Crippen molar-refractivity contribution in [1.29, 1.82) is 0 Å². The third-order valence-corrected chi connectivity index (χ3v) is 2.18. The molecule has 2 heterocycles. The Balaban J connectivity index is 2.28. The summed E-state index contributed by atoms with van der Waals surface area (Å²) in [5.41, 5.74) is 6.58. The third kappa shape index (κ3) is 2.20. The predicted octanol–water partition coefficient (Wildman–Crippen LogP) is 2.59. The van der Waals surface area contributed by atoms with Gasteiger partial charge in [-0.25, -0.2) is 14.4 Å². The normalized spacial score (nSPS) is 10.1. The number of rotatable bonds is 2. The number of nitrogens with zero attached hydrogens (tertiary/aromatic N) is 2. The maximum atomic E-state index is 13.1. The van der Waals surface area contributed by atoms with Crippen molar-refractivity contribution in [2.24, 2.45) is 0 Å². The average Bonchev–Trinajstić information content (AvgIpc) is 2.27. The molecule has 6 heteroatoms. The molecule has 0 amide bonds. The Kier molecular flexibility index (Phi) is 2.87. The molecule has 4 nitrogen and oxygen atoms in total. The summed E-state index contributed by atoms with van der Waals surface area (Å²) in [6, 6.07) is 4.62. The Bertz CT molecular complexity index is 518. The van der Waals surface area contributed by atoms with Crippen LogP contribution in [0.3, 0.4) is 0 Å². The summed E-state index contributed by atoms with van der Waals surface area (Å²) < 4.78 is 13.1. The molecule has 0 atom stereocenters. The number of nitrogen functional groups attached to an aromatic ring is 1. The van der Waals surface area contributed by atoms with Crippen molar-refractivity contribution in [3.8, 4) is 0 Å². The van der Waals surface area contributed by atoms with E-state index >= 15 is 0 Å². The first-order chi connectivity index (χ1) is 7.66. The van der Waals surface area contributed by atoms with Crippen molar-refractivity contribution in [3.63, 3.8) is 0 Å². The molecule has 2 aromatic rings. The minimum Gasteiger partial charge on any atom is -0.396 e. The molecule has 0 unspecified atom stereocenters. The van der Waals surface area contributed by atoms with Gasteiger partial charge in [-0.3, -0.25) is 0 Å². The number of pyridine rings is 2. The van der Waals surface area contributed by atoms with Crippen LogP contribution < -0.4 is 11.1 Å². The fourth-order valence-electron chi connectivity index (χ4n) is 1.15. The SMILES string of the molecule is Nc1cccnc1Nc1cnc(Cl)c(F)c1. The Labute approximate surface area is 96.3 Å². The van der Waals surface area contributed by atoms with Crippen LogP contribution in [-0.2, 0) is 0 Å². The van der Waals surface area contributed by atoms with Gasteiger partial charge in [0.15, 0.2) is 16.8 Å². The van der Waals surface area contributed by atoms with Crippen molar-refractivity contribution >= 4 is 28.8 Å². The standard InChI is InChI=1S/C10H8ClFN4/c11-9-7(12)4-6(5-15-9)16-10-8(13)2-1-3-14-10/h1-5H,13H2,(H,14,16). The number of anilines is 3. The lowest BCUT2D eigenvalue weighted by Crippen LogP contribution is -1.99. The van der Waals surface area contributed by atoms with Gasteiger partial charge in [0.25, 0.3) is 0 Å². The van der Waals surface area contributed by atoms with Crippen molar-refractivity contribution in [1.82, 2.24) is 9.97 Å². The summed E-state index contributed by atoms with van der Waals surface area (Å²) in [7, 11) is 0. The second-order valence-electron chi connectivity index (χ2n) is 3.06. The van der Waals surface area contributed by atoms with Gasteiger partial charge < -0.3 is 11.1 Å². The van der Waals surface area contributed by atoms with Gasteiger partial charge in [-0.1, -0.05) is 11.6 Å². The van der Waals surface area contributed by atoms with Crippen LogP contribution in [0.1, 0.15) is 0 Å². The molecule has 0 bridgehead atoms. The number of hydrogen-bond donors (Lipinski definition) is 2. The Morgan fingerprint density at radius 1 is 1.38 bits per heavy atom. The fraction of sp³-hybridized carbons (Fsp3) is 0. The molecule has 0 fully saturated rings. The molecule has 2 rings (SSSR count). The summed E-state index contributed by atoms with van der Waals surface area (Å²) >= 11 is 5.46. The van der Waals surface area contributed by atoms with E-state index < -0.39 is 5.82 Å². The van der Waals surface area contributed by atoms with E-state index in [2.05, 4.69) is 15.3 Å². The molecular weight excluding hydrogens is 231 g/mol. The van der Waals surface area contributed by atoms with Crippen LogP contribution in [0.5, 0.6) is 0 Å². The molecule has 0 saturated heterocycles. The fourth-order valence-corrected chi connectivity index (χ4v) is 1.25. The highest BCUT2D eigenvalue weighted by Gasteiger charge is 2.04. The summed E-state index contributed by atoms with van der Waals surface area (Å²) in [4.78, 5) is 7.67. The van der Waals surface area contributed by atoms with E-state index in [0.29, 0.717) is 17.2 Å². The highest BCUT2D eigenvalue weighted by atomic mass is 35.5. The van der Waals surface area contributed by atoms with Crippen molar-refractivity contribution in [2.75, 3.05) is 11.1 Å². The summed E-state index contributed by atoms with van der Waals surface area (Å²) in [6.07, 6.45) is 2.98. The third-order valence-electron chi connectivity index (χ3n) is 1.90. The first-order valence-electron chi connectivity index (χ1n) is 4.45. The zero-order chi connectivity index (χ0) is 11.5. The molecule has 0 spiro atoms. The molecule has 0 aliphatic carbocycles. The van der Waals surface area contributed by atoms with Crippen LogP contribution in [0.4, 0.5) is 21.6 Å². The van der Waals surface area contributed by atoms with Gasteiger partial charge in [0.05, 0.1) is 17.6 Å². The van der Waals surface area contributed by atoms with Gasteiger partial charge in [-0.15, -0.1) is 0 Å². The first-order valence-corrected chi connectivity index (χ1v) is 4.83. The highest BCUT2D eigenvalue weighted by molar-refractivity contribution is 6.29. The largest absolute Gasteiger partial charge is 0.396 e. The minimum absolute atomic E-state index is 0.167. The molecule has 2 aromatic heterocycles. The topological polar surface area (TPSA) is 63.8 Å². The van der Waals surface area contributed by atoms with Gasteiger partial charge in [0.2, 0.25) is 0 Å². The number of nitrogens with two attached hydrogens (primary N) is 1. The van der Waals surface area contributed by atoms with Crippen molar-refractivity contribution < 1.29 is 4.39 Å². The van der Waals surface area contributed by atoms with Crippen LogP contribution in [0.15, 0.2) is 30.6 Å². The Morgan fingerprint density at radius 3 is 2.88 bits per heavy atom. The molecule has 0 aliphatic rings. The smallest absolute Gasteiger partial charge is 0.164 e. The van der Waals surface area contributed by atoms with E-state index in [9.17, 15) is 4.39 Å². The maximum absolute atomic E-state index is 13.1. The zero-order valence-corrected chi connectivity index (χ0v) is 8.87. The van der Waals surface area contributed by atoms with E-state index in [1.807, 2.05) is 0 Å². The Hall–Kier alpha value is -1.88. The van der Waals surface area contributed by atoms with Gasteiger partial charge in [0.1, 0.15) is 0 Å². The van der Waals surface area contributed by atoms with Crippen LogP contribution in [-0.4, -0.2) is 9.97 Å². The summed E-state index contributed by atoms with van der Waals surface area (Å²) in [5.74, 6) is -0.146. The molecule has 0 saturated carbocycles. The highest BCUT2D eigenvalue weighted by Crippen LogP contribution is 2.21. The zero-order valence-electron chi connectivity index (χ0n) is 8.11. The average molecular weight is 239 g/mol. The van der Waals surface area contributed by atoms with Crippen LogP contribution in [0, 0.1) is 5.82 Å². The molecule has 0 aliphatic heterocycles. The van der Waals surface area contributed by atoms with Crippen LogP contribution in [0.2, 0.25) is 5.15 Å². The second kappa shape index (κ2) is 4.32. The lowest BCUT2D eigenvalue weighted by atomic mass is 10.3. The minimum atomic E-state index is -0.596. The summed E-state index contributed by atoms with van der Waals surface area (Å²) in [6.45, 7) is 0. The van der Waals surface area contributed by atoms with E-state index in [1.54, 1.807) is 18.3 Å². The molecule has 0 aromatic carbocycles. The van der Waals surface area contributed by atoms with Gasteiger partial charge in [0, 0.05) is 12.3 Å².